The number of carboxylic acid groups (broad SMARTS) is 1. The first-order chi connectivity index (χ1) is 14.1. The van der Waals surface area contributed by atoms with Crippen LogP contribution in [0.15, 0.2) is 11.0 Å². The van der Waals surface area contributed by atoms with Crippen LogP contribution in [0.3, 0.4) is 0 Å². The second kappa shape index (κ2) is 9.62. The third kappa shape index (κ3) is 5.50. The molecule has 1 fully saturated rings. The van der Waals surface area contributed by atoms with Crippen molar-refractivity contribution in [2.75, 3.05) is 5.32 Å². The Labute approximate surface area is 170 Å². The highest BCUT2D eigenvalue weighted by molar-refractivity contribution is 5.77. The van der Waals surface area contributed by atoms with Crippen LogP contribution in [0.5, 0.6) is 0 Å². The van der Waals surface area contributed by atoms with Gasteiger partial charge in [0, 0.05) is 19.1 Å². The summed E-state index contributed by atoms with van der Waals surface area (Å²) >= 11 is 0. The van der Waals surface area contributed by atoms with E-state index in [0.29, 0.717) is 23.5 Å². The molecule has 0 saturated heterocycles. The number of hydrogen-bond donors (Lipinski definition) is 3. The van der Waals surface area contributed by atoms with Crippen molar-refractivity contribution in [3.8, 4) is 11.8 Å². The predicted molar refractivity (Wildman–Crippen MR) is 104 cm³/mol. The average Bonchev–Trinajstić information content (AvgIpc) is 3.02. The predicted octanol–water partition coefficient (Wildman–Crippen LogP) is 1.47. The topological polar surface area (TPSA) is 128 Å². The summed E-state index contributed by atoms with van der Waals surface area (Å²) in [4.78, 5) is 25.9. The van der Waals surface area contributed by atoms with Crippen molar-refractivity contribution in [1.29, 1.82) is 0 Å². The number of imidazole rings is 1. The van der Waals surface area contributed by atoms with Gasteiger partial charge in [0.15, 0.2) is 0 Å². The number of aliphatic carboxylic acids is 1. The van der Waals surface area contributed by atoms with Crippen LogP contribution < -0.4 is 16.6 Å². The van der Waals surface area contributed by atoms with Crippen molar-refractivity contribution in [2.24, 2.45) is 12.8 Å². The molecule has 12 heteroatoms. The minimum absolute atomic E-state index is 0.107. The molecule has 164 valence electrons. The molecule has 2 aromatic rings. The Hall–Kier alpha value is -3.07. The number of nitrogens with one attached hydrogen (secondary N) is 1. The number of hydrogen-bond acceptors (Lipinski definition) is 6. The average molecular weight is 428 g/mol. The number of aryl methyl sites for hydroxylation is 1. The number of aromatic nitrogens is 4. The second-order valence-electron chi connectivity index (χ2n) is 6.76. The number of nitrogens with zero attached hydrogens (tertiary/aromatic N) is 4. The summed E-state index contributed by atoms with van der Waals surface area (Å²) in [6, 6.07) is 0.279. The maximum Gasteiger partial charge on any atom is 0.490 e. The van der Waals surface area contributed by atoms with Crippen molar-refractivity contribution < 1.29 is 23.1 Å². The Morgan fingerprint density at radius 3 is 2.60 bits per heavy atom. The molecule has 0 unspecified atom stereocenters. The molecule has 1 aliphatic rings. The second-order valence-corrected chi connectivity index (χ2v) is 6.76. The number of nitrogens with two attached hydrogens (primary N) is 1. The fourth-order valence-corrected chi connectivity index (χ4v) is 3.06. The Bertz CT molecular complexity index is 1020. The van der Waals surface area contributed by atoms with E-state index in [2.05, 4.69) is 27.2 Å². The molecule has 0 spiro atoms. The molecule has 3 rings (SSSR count). The van der Waals surface area contributed by atoms with E-state index in [1.54, 1.807) is 20.2 Å². The van der Waals surface area contributed by atoms with E-state index in [1.807, 2.05) is 4.57 Å². The molecular formula is C18H23F3N6O3. The number of fused-ring (bicyclic) bond motifs is 1. The van der Waals surface area contributed by atoms with E-state index < -0.39 is 12.1 Å². The van der Waals surface area contributed by atoms with Crippen LogP contribution in [0.25, 0.3) is 11.0 Å². The summed E-state index contributed by atoms with van der Waals surface area (Å²) in [5.41, 5.74) is 7.15. The monoisotopic (exact) mass is 428 g/mol. The van der Waals surface area contributed by atoms with E-state index in [0.717, 1.165) is 19.3 Å². The highest BCUT2D eigenvalue weighted by atomic mass is 19.4. The van der Waals surface area contributed by atoms with Gasteiger partial charge in [-0.2, -0.15) is 18.3 Å². The number of halogens is 3. The van der Waals surface area contributed by atoms with Crippen LogP contribution in [-0.4, -0.2) is 48.7 Å². The Morgan fingerprint density at radius 1 is 1.40 bits per heavy atom. The van der Waals surface area contributed by atoms with Gasteiger partial charge in [0.1, 0.15) is 11.0 Å². The molecule has 2 atom stereocenters. The van der Waals surface area contributed by atoms with E-state index in [4.69, 9.17) is 15.6 Å². The quantitative estimate of drug-likeness (QED) is 0.632. The Balaban J connectivity index is 0.000000396. The zero-order valence-electron chi connectivity index (χ0n) is 16.5. The van der Waals surface area contributed by atoms with Crippen molar-refractivity contribution >= 4 is 23.0 Å². The lowest BCUT2D eigenvalue weighted by Gasteiger charge is -2.29. The minimum Gasteiger partial charge on any atom is -0.475 e. The zero-order chi connectivity index (χ0) is 22.5. The Kier molecular flexibility index (Phi) is 7.44. The van der Waals surface area contributed by atoms with Gasteiger partial charge in [-0.1, -0.05) is 18.8 Å². The van der Waals surface area contributed by atoms with E-state index in [1.165, 1.54) is 11.1 Å². The molecule has 0 amide bonds. The lowest BCUT2D eigenvalue weighted by molar-refractivity contribution is -0.192. The molecule has 0 aliphatic heterocycles. The van der Waals surface area contributed by atoms with Crippen LogP contribution in [0.2, 0.25) is 0 Å². The molecule has 0 aromatic carbocycles. The van der Waals surface area contributed by atoms with Crippen molar-refractivity contribution in [3.05, 3.63) is 16.6 Å². The Morgan fingerprint density at radius 2 is 2.03 bits per heavy atom. The number of carbonyl (C=O) groups is 1. The summed E-state index contributed by atoms with van der Waals surface area (Å²) in [6.07, 6.45) is 0.875. The smallest absolute Gasteiger partial charge is 0.475 e. The number of carboxylic acids is 1. The third-order valence-electron chi connectivity index (χ3n) is 4.63. The highest BCUT2D eigenvalue weighted by Gasteiger charge is 2.38. The molecule has 4 N–H and O–H groups in total. The van der Waals surface area contributed by atoms with Gasteiger partial charge in [0.25, 0.3) is 5.56 Å². The molecular weight excluding hydrogens is 405 g/mol. The van der Waals surface area contributed by atoms with E-state index in [9.17, 15) is 18.0 Å². The summed E-state index contributed by atoms with van der Waals surface area (Å²) in [5.74, 6) is 3.77. The van der Waals surface area contributed by atoms with Crippen LogP contribution in [0, 0.1) is 11.8 Å². The number of anilines is 1. The standard InChI is InChI=1S/C16H22N6O.C2HF3O2/c1-3-4-9-22-14-13(10-18-21(2)15(14)23)20-16(22)19-12-8-6-5-7-11(12)17;3-2(4,5)1(6)7/h10-12H,5-9,17H2,1-2H3,(H,19,20);(H,6,7)/t11-,12-;/m1./s1. The van der Waals surface area contributed by atoms with E-state index >= 15 is 0 Å². The molecule has 30 heavy (non-hydrogen) atoms. The molecule has 1 saturated carbocycles. The fourth-order valence-electron chi connectivity index (χ4n) is 3.06. The van der Waals surface area contributed by atoms with Crippen LogP contribution in [0.1, 0.15) is 32.6 Å². The van der Waals surface area contributed by atoms with Gasteiger partial charge in [-0.25, -0.2) is 14.5 Å². The third-order valence-corrected chi connectivity index (χ3v) is 4.63. The zero-order valence-corrected chi connectivity index (χ0v) is 16.5. The van der Waals surface area contributed by atoms with Crippen LogP contribution in [0.4, 0.5) is 19.1 Å². The number of alkyl halides is 3. The van der Waals surface area contributed by atoms with Gasteiger partial charge in [0.2, 0.25) is 5.95 Å². The van der Waals surface area contributed by atoms with E-state index in [-0.39, 0.29) is 17.6 Å². The summed E-state index contributed by atoms with van der Waals surface area (Å²) < 4.78 is 34.9. The molecule has 0 radical (unpaired) electrons. The molecule has 2 aromatic heterocycles. The maximum absolute atomic E-state index is 12.4. The fraction of sp³-hybridized carbons (Fsp3) is 0.556. The van der Waals surface area contributed by atoms with Crippen molar-refractivity contribution in [1.82, 2.24) is 19.3 Å². The number of rotatable bonds is 3. The minimum atomic E-state index is -5.08. The van der Waals surface area contributed by atoms with Crippen molar-refractivity contribution in [2.45, 2.75) is 57.4 Å². The summed E-state index contributed by atoms with van der Waals surface area (Å²) in [7, 11) is 1.63. The SMILES string of the molecule is CC#CCn1c(N[C@@H]2CCCC[C@H]2N)nc2cnn(C)c(=O)c21.O=C(O)C(F)(F)F. The van der Waals surface area contributed by atoms with Gasteiger partial charge in [-0.15, -0.1) is 5.92 Å². The summed E-state index contributed by atoms with van der Waals surface area (Å²) in [6.45, 7) is 2.19. The lowest BCUT2D eigenvalue weighted by atomic mass is 9.91. The maximum atomic E-state index is 12.4. The van der Waals surface area contributed by atoms with Crippen molar-refractivity contribution in [3.63, 3.8) is 0 Å². The van der Waals surface area contributed by atoms with Gasteiger partial charge in [-0.3, -0.25) is 9.36 Å². The lowest BCUT2D eigenvalue weighted by Crippen LogP contribution is -2.43. The molecule has 0 bridgehead atoms. The van der Waals surface area contributed by atoms with Gasteiger partial charge >= 0.3 is 12.1 Å². The largest absolute Gasteiger partial charge is 0.490 e. The van der Waals surface area contributed by atoms with Crippen LogP contribution >= 0.6 is 0 Å². The first-order valence-electron chi connectivity index (χ1n) is 9.20. The molecule has 9 nitrogen and oxygen atoms in total. The highest BCUT2D eigenvalue weighted by Crippen LogP contribution is 2.23. The first-order valence-corrected chi connectivity index (χ1v) is 9.20. The van der Waals surface area contributed by atoms with Gasteiger partial charge in [-0.05, 0) is 19.8 Å². The molecule has 1 aliphatic carbocycles. The van der Waals surface area contributed by atoms with Crippen LogP contribution in [-0.2, 0) is 18.4 Å². The normalized spacial score (nSPS) is 18.7. The first kappa shape index (κ1) is 23.2. The summed E-state index contributed by atoms with van der Waals surface area (Å²) in [5, 5.41) is 14.6. The van der Waals surface area contributed by atoms with Gasteiger partial charge in [0.05, 0.1) is 12.7 Å². The van der Waals surface area contributed by atoms with Gasteiger partial charge < -0.3 is 16.2 Å². The molecule has 2 heterocycles.